The Morgan fingerprint density at radius 1 is 0.800 bits per heavy atom. The van der Waals surface area contributed by atoms with Gasteiger partial charge in [-0.1, -0.05) is 29.8 Å². The Morgan fingerprint density at radius 3 is 2.00 bits per heavy atom. The van der Waals surface area contributed by atoms with E-state index in [-0.39, 0.29) is 5.91 Å². The number of rotatable bonds is 6. The lowest BCUT2D eigenvalue weighted by Crippen LogP contribution is -2.37. The zero-order chi connectivity index (χ0) is 24.7. The van der Waals surface area contributed by atoms with Crippen LogP contribution in [0.15, 0.2) is 66.7 Å². The summed E-state index contributed by atoms with van der Waals surface area (Å²) >= 11 is 6.01. The number of hydroxylamine groups is 1. The Kier molecular flexibility index (Phi) is 6.00. The second kappa shape index (κ2) is 9.13. The molecule has 2 amide bonds. The van der Waals surface area contributed by atoms with Crippen molar-refractivity contribution in [3.8, 4) is 17.2 Å². The summed E-state index contributed by atoms with van der Waals surface area (Å²) in [5.41, 5.74) is 1.83. The van der Waals surface area contributed by atoms with Crippen molar-refractivity contribution in [3.05, 3.63) is 77.3 Å². The summed E-state index contributed by atoms with van der Waals surface area (Å²) in [6, 6.07) is 18.8. The first-order valence-electron chi connectivity index (χ1n) is 10.9. The van der Waals surface area contributed by atoms with Crippen molar-refractivity contribution in [1.82, 2.24) is 0 Å². The first-order chi connectivity index (χ1) is 17.0. The third-order valence-electron chi connectivity index (χ3n) is 6.24. The molecular weight excluding hydrogens is 472 g/mol. The molecule has 0 aliphatic carbocycles. The van der Waals surface area contributed by atoms with Gasteiger partial charge in [-0.15, -0.1) is 0 Å². The highest BCUT2D eigenvalue weighted by atomic mass is 35.5. The molecule has 35 heavy (non-hydrogen) atoms. The van der Waals surface area contributed by atoms with Crippen molar-refractivity contribution < 1.29 is 28.6 Å². The number of hydrogen-bond acceptors (Lipinski definition) is 7. The van der Waals surface area contributed by atoms with E-state index in [1.165, 1.54) is 26.2 Å². The fourth-order valence-corrected chi connectivity index (χ4v) is 4.79. The van der Waals surface area contributed by atoms with Crippen molar-refractivity contribution in [2.75, 3.05) is 31.3 Å². The van der Waals surface area contributed by atoms with Gasteiger partial charge in [-0.25, -0.2) is 9.96 Å². The number of anilines is 2. The summed E-state index contributed by atoms with van der Waals surface area (Å²) in [4.78, 5) is 34.5. The number of imide groups is 1. The molecular formula is C26H23ClN2O6. The molecule has 0 spiro atoms. The predicted molar refractivity (Wildman–Crippen MR) is 130 cm³/mol. The van der Waals surface area contributed by atoms with Crippen LogP contribution in [0.4, 0.5) is 11.4 Å². The van der Waals surface area contributed by atoms with E-state index in [9.17, 15) is 9.59 Å². The van der Waals surface area contributed by atoms with Crippen LogP contribution in [-0.2, 0) is 14.4 Å². The van der Waals surface area contributed by atoms with Crippen LogP contribution >= 0.6 is 11.6 Å². The van der Waals surface area contributed by atoms with Gasteiger partial charge in [-0.2, -0.15) is 0 Å². The van der Waals surface area contributed by atoms with Gasteiger partial charge in [0, 0.05) is 5.02 Å². The lowest BCUT2D eigenvalue weighted by atomic mass is 9.90. The zero-order valence-corrected chi connectivity index (χ0v) is 20.1. The highest BCUT2D eigenvalue weighted by Crippen LogP contribution is 2.50. The quantitative estimate of drug-likeness (QED) is 0.469. The molecule has 5 rings (SSSR count). The van der Waals surface area contributed by atoms with E-state index in [1.807, 2.05) is 30.3 Å². The predicted octanol–water partition coefficient (Wildman–Crippen LogP) is 4.42. The SMILES string of the molecule is COc1cc([C@@H]2[C@H]3C(=O)N(c4ccc(Cl)cc4)C(=O)[C@@H]3ON2c2ccccc2)cc(OC)c1OC. The molecule has 0 unspecified atom stereocenters. The van der Waals surface area contributed by atoms with Gasteiger partial charge in [-0.3, -0.25) is 14.4 Å². The molecule has 2 heterocycles. The first-order valence-corrected chi connectivity index (χ1v) is 11.3. The number of ether oxygens (including phenoxy) is 3. The Labute approximate surface area is 207 Å². The molecule has 9 heteroatoms. The smallest absolute Gasteiger partial charge is 0.266 e. The second-order valence-electron chi connectivity index (χ2n) is 8.10. The normalized spacial score (nSPS) is 21.3. The number of para-hydroxylation sites is 1. The molecule has 2 fully saturated rings. The minimum Gasteiger partial charge on any atom is -0.493 e. The summed E-state index contributed by atoms with van der Waals surface area (Å²) in [6.07, 6.45) is -0.998. The highest BCUT2D eigenvalue weighted by molar-refractivity contribution is 6.31. The van der Waals surface area contributed by atoms with E-state index in [1.54, 1.807) is 41.5 Å². The number of hydrogen-bond donors (Lipinski definition) is 0. The lowest BCUT2D eigenvalue weighted by molar-refractivity contribution is -0.126. The standard InChI is InChI=1S/C26H23ClN2O6/c1-32-19-13-15(14-20(33-2)23(19)34-3)22-21-24(35-29(22)18-7-5-4-6-8-18)26(31)28(25(21)30)17-11-9-16(27)10-12-17/h4-14,21-22,24H,1-3H3/t21-,22-,24-/m1/s1. The Bertz CT molecular complexity index is 1240. The number of nitrogens with zero attached hydrogens (tertiary/aromatic N) is 2. The van der Waals surface area contributed by atoms with Gasteiger partial charge in [0.05, 0.1) is 38.7 Å². The summed E-state index contributed by atoms with van der Waals surface area (Å²) in [5, 5.41) is 2.13. The van der Waals surface area contributed by atoms with E-state index in [0.29, 0.717) is 39.2 Å². The van der Waals surface area contributed by atoms with Crippen LogP contribution < -0.4 is 24.2 Å². The Balaban J connectivity index is 1.64. The van der Waals surface area contributed by atoms with Gasteiger partial charge >= 0.3 is 0 Å². The van der Waals surface area contributed by atoms with Gasteiger partial charge in [-0.05, 0) is 54.1 Å². The number of amides is 2. The van der Waals surface area contributed by atoms with Crippen molar-refractivity contribution >= 4 is 34.8 Å². The molecule has 3 aromatic rings. The number of benzene rings is 3. The molecule has 2 aliphatic rings. The minimum absolute atomic E-state index is 0.362. The maximum absolute atomic E-state index is 13.8. The second-order valence-corrected chi connectivity index (χ2v) is 8.54. The van der Waals surface area contributed by atoms with Crippen LogP contribution in [0.25, 0.3) is 0 Å². The van der Waals surface area contributed by atoms with Crippen LogP contribution in [0.5, 0.6) is 17.2 Å². The summed E-state index contributed by atoms with van der Waals surface area (Å²) in [5.74, 6) is -0.301. The minimum atomic E-state index is -0.998. The molecule has 3 aromatic carbocycles. The van der Waals surface area contributed by atoms with E-state index in [4.69, 9.17) is 30.6 Å². The average Bonchev–Trinajstić information content (AvgIpc) is 3.40. The van der Waals surface area contributed by atoms with Crippen molar-refractivity contribution in [1.29, 1.82) is 0 Å². The fourth-order valence-electron chi connectivity index (χ4n) is 4.67. The monoisotopic (exact) mass is 494 g/mol. The van der Waals surface area contributed by atoms with Crippen LogP contribution in [0.2, 0.25) is 5.02 Å². The maximum atomic E-state index is 13.8. The third-order valence-corrected chi connectivity index (χ3v) is 6.49. The maximum Gasteiger partial charge on any atom is 0.266 e. The zero-order valence-electron chi connectivity index (χ0n) is 19.3. The topological polar surface area (TPSA) is 77.5 Å². The van der Waals surface area contributed by atoms with E-state index >= 15 is 0 Å². The molecule has 0 N–H and O–H groups in total. The molecule has 0 radical (unpaired) electrons. The number of fused-ring (bicyclic) bond motifs is 1. The van der Waals surface area contributed by atoms with Gasteiger partial charge in [0.15, 0.2) is 17.6 Å². The largest absolute Gasteiger partial charge is 0.493 e. The molecule has 180 valence electrons. The van der Waals surface area contributed by atoms with Crippen molar-refractivity contribution in [3.63, 3.8) is 0 Å². The number of carbonyl (C=O) groups excluding carboxylic acids is 2. The summed E-state index contributed by atoms with van der Waals surface area (Å²) in [6.45, 7) is 0. The molecule has 2 aliphatic heterocycles. The lowest BCUT2D eigenvalue weighted by Gasteiger charge is -2.29. The van der Waals surface area contributed by atoms with Gasteiger partial charge < -0.3 is 14.2 Å². The van der Waals surface area contributed by atoms with Gasteiger partial charge in [0.25, 0.3) is 5.91 Å². The highest BCUT2D eigenvalue weighted by Gasteiger charge is 2.60. The van der Waals surface area contributed by atoms with Crippen LogP contribution in [0, 0.1) is 5.92 Å². The fraction of sp³-hybridized carbons (Fsp3) is 0.231. The summed E-state index contributed by atoms with van der Waals surface area (Å²) < 4.78 is 16.5. The van der Waals surface area contributed by atoms with Gasteiger partial charge in [0.1, 0.15) is 5.92 Å². The molecule has 0 aromatic heterocycles. The molecule has 8 nitrogen and oxygen atoms in total. The Hall–Kier alpha value is -3.75. The molecule has 2 saturated heterocycles. The van der Waals surface area contributed by atoms with Crippen LogP contribution in [-0.4, -0.2) is 39.2 Å². The van der Waals surface area contributed by atoms with E-state index in [2.05, 4.69) is 0 Å². The van der Waals surface area contributed by atoms with Crippen molar-refractivity contribution in [2.24, 2.45) is 5.92 Å². The van der Waals surface area contributed by atoms with Crippen LogP contribution in [0.3, 0.4) is 0 Å². The van der Waals surface area contributed by atoms with E-state index in [0.717, 1.165) is 0 Å². The molecule has 0 bridgehead atoms. The Morgan fingerprint density at radius 2 is 1.43 bits per heavy atom. The number of halogens is 1. The average molecular weight is 495 g/mol. The molecule has 0 saturated carbocycles. The first kappa shape index (κ1) is 23.0. The summed E-state index contributed by atoms with van der Waals surface area (Å²) in [7, 11) is 4.57. The van der Waals surface area contributed by atoms with Crippen molar-refractivity contribution in [2.45, 2.75) is 12.1 Å². The van der Waals surface area contributed by atoms with Gasteiger partial charge in [0.2, 0.25) is 11.7 Å². The van der Waals surface area contributed by atoms with E-state index < -0.39 is 24.0 Å². The molecule has 3 atom stereocenters. The van der Waals surface area contributed by atoms with Crippen LogP contribution in [0.1, 0.15) is 11.6 Å². The number of carbonyl (C=O) groups is 2. The third kappa shape index (κ3) is 3.75. The number of methoxy groups -OCH3 is 3.